The Labute approximate surface area is 155 Å². The van der Waals surface area contributed by atoms with E-state index in [4.69, 9.17) is 4.42 Å². The summed E-state index contributed by atoms with van der Waals surface area (Å²) in [6, 6.07) is 18.7. The normalized spacial score (nSPS) is 12.4. The molecule has 132 valence electrons. The zero-order chi connectivity index (χ0) is 18.4. The van der Waals surface area contributed by atoms with E-state index < -0.39 is 0 Å². The highest BCUT2D eigenvalue weighted by molar-refractivity contribution is 6.26. The minimum atomic E-state index is -0.0479. The van der Waals surface area contributed by atoms with Gasteiger partial charge in [-0.15, -0.1) is 0 Å². The van der Waals surface area contributed by atoms with Crippen molar-refractivity contribution in [2.24, 2.45) is 0 Å². The number of hydrogen-bond acceptors (Lipinski definition) is 3. The molecule has 2 aromatic heterocycles. The van der Waals surface area contributed by atoms with Crippen LogP contribution in [0.2, 0.25) is 0 Å². The highest BCUT2D eigenvalue weighted by Gasteiger charge is 2.32. The average molecular weight is 355 g/mol. The van der Waals surface area contributed by atoms with Crippen LogP contribution in [-0.4, -0.2) is 10.4 Å². The molecule has 0 N–H and O–H groups in total. The fraction of sp³-hybridized carbons (Fsp3) is 0.130. The molecule has 0 fully saturated rings. The number of benzene rings is 2. The summed E-state index contributed by atoms with van der Waals surface area (Å²) in [4.78, 5) is 26.3. The second kappa shape index (κ2) is 6.09. The molecule has 2 heterocycles. The minimum absolute atomic E-state index is 0.00316. The molecule has 4 aromatic rings. The van der Waals surface area contributed by atoms with Gasteiger partial charge in [-0.05, 0) is 24.6 Å². The highest BCUT2D eigenvalue weighted by atomic mass is 16.3. The van der Waals surface area contributed by atoms with Crippen LogP contribution < -0.4 is 5.56 Å². The van der Waals surface area contributed by atoms with Crippen molar-refractivity contribution in [3.63, 3.8) is 0 Å². The van der Waals surface area contributed by atoms with Crippen LogP contribution >= 0.6 is 0 Å². The van der Waals surface area contributed by atoms with Gasteiger partial charge in [0.15, 0.2) is 5.78 Å². The van der Waals surface area contributed by atoms with E-state index in [1.807, 2.05) is 54.6 Å². The van der Waals surface area contributed by atoms with Crippen molar-refractivity contribution in [1.82, 2.24) is 4.57 Å². The third-order valence-corrected chi connectivity index (χ3v) is 5.22. The summed E-state index contributed by atoms with van der Waals surface area (Å²) >= 11 is 0. The molecule has 27 heavy (non-hydrogen) atoms. The molecular formula is C23H17NO3. The van der Waals surface area contributed by atoms with Gasteiger partial charge in [-0.3, -0.25) is 9.59 Å². The van der Waals surface area contributed by atoms with Crippen molar-refractivity contribution in [1.29, 1.82) is 0 Å². The van der Waals surface area contributed by atoms with E-state index in [2.05, 4.69) is 0 Å². The van der Waals surface area contributed by atoms with Crippen LogP contribution in [0.1, 0.15) is 28.1 Å². The van der Waals surface area contributed by atoms with E-state index in [1.165, 1.54) is 0 Å². The fourth-order valence-corrected chi connectivity index (χ4v) is 4.01. The molecule has 0 saturated carbocycles. The Morgan fingerprint density at radius 1 is 0.815 bits per heavy atom. The van der Waals surface area contributed by atoms with Crippen molar-refractivity contribution in [3.8, 4) is 11.3 Å². The van der Waals surface area contributed by atoms with E-state index >= 15 is 0 Å². The molecule has 0 bridgehead atoms. The second-order valence-electron chi connectivity index (χ2n) is 6.78. The molecule has 1 aliphatic carbocycles. The van der Waals surface area contributed by atoms with Gasteiger partial charge in [0.2, 0.25) is 0 Å². The summed E-state index contributed by atoms with van der Waals surface area (Å²) < 4.78 is 7.16. The molecule has 0 radical (unpaired) electrons. The largest absolute Gasteiger partial charge is 0.469 e. The van der Waals surface area contributed by atoms with Crippen LogP contribution in [0.15, 0.2) is 76.1 Å². The molecule has 4 nitrogen and oxygen atoms in total. The van der Waals surface area contributed by atoms with Crippen LogP contribution in [0, 0.1) is 0 Å². The van der Waals surface area contributed by atoms with Crippen LogP contribution in [0.5, 0.6) is 0 Å². The lowest BCUT2D eigenvalue weighted by atomic mass is 10.0. The standard InChI is InChI=1S/C23H17NO3/c25-22-18-11-3-2-10-17(18)21-20(22)16-9-1-4-12-19(16)23(26)24(21)13-5-7-15-8-6-14-27-15/h1-4,6,8-12,14H,5,7,13H2. The van der Waals surface area contributed by atoms with Gasteiger partial charge in [0, 0.05) is 34.9 Å². The first-order valence-electron chi connectivity index (χ1n) is 9.08. The zero-order valence-electron chi connectivity index (χ0n) is 14.6. The molecule has 0 spiro atoms. The summed E-state index contributed by atoms with van der Waals surface area (Å²) in [6.07, 6.45) is 3.16. The molecule has 0 atom stereocenters. The van der Waals surface area contributed by atoms with E-state index in [1.54, 1.807) is 16.9 Å². The van der Waals surface area contributed by atoms with Crippen LogP contribution in [0.4, 0.5) is 0 Å². The first-order valence-corrected chi connectivity index (χ1v) is 9.08. The van der Waals surface area contributed by atoms with Gasteiger partial charge in [0.1, 0.15) is 5.76 Å². The van der Waals surface area contributed by atoms with E-state index in [9.17, 15) is 9.59 Å². The molecule has 5 rings (SSSR count). The predicted octanol–water partition coefficient (Wildman–Crippen LogP) is 4.44. The zero-order valence-corrected chi connectivity index (χ0v) is 14.6. The Balaban J connectivity index is 1.70. The number of carbonyl (C=O) groups excluding carboxylic acids is 1. The quantitative estimate of drug-likeness (QED) is 0.479. The highest BCUT2D eigenvalue weighted by Crippen LogP contribution is 2.39. The second-order valence-corrected chi connectivity index (χ2v) is 6.78. The number of hydrogen-bond donors (Lipinski definition) is 0. The van der Waals surface area contributed by atoms with Gasteiger partial charge >= 0.3 is 0 Å². The number of aromatic nitrogens is 1. The van der Waals surface area contributed by atoms with Crippen molar-refractivity contribution >= 4 is 16.6 Å². The lowest BCUT2D eigenvalue weighted by molar-refractivity contribution is 0.104. The van der Waals surface area contributed by atoms with Crippen molar-refractivity contribution in [3.05, 3.63) is 94.2 Å². The van der Waals surface area contributed by atoms with E-state index in [0.29, 0.717) is 23.1 Å². The first kappa shape index (κ1) is 15.8. The minimum Gasteiger partial charge on any atom is -0.469 e. The van der Waals surface area contributed by atoms with Gasteiger partial charge in [-0.25, -0.2) is 0 Å². The number of carbonyl (C=O) groups is 1. The summed E-state index contributed by atoms with van der Waals surface area (Å²) in [6.45, 7) is 0.536. The van der Waals surface area contributed by atoms with Crippen LogP contribution in [0.25, 0.3) is 22.0 Å². The van der Waals surface area contributed by atoms with E-state index in [-0.39, 0.29) is 11.3 Å². The number of furan rings is 1. The Morgan fingerprint density at radius 2 is 1.56 bits per heavy atom. The van der Waals surface area contributed by atoms with Gasteiger partial charge in [-0.2, -0.15) is 0 Å². The molecule has 1 aliphatic rings. The number of nitrogens with zero attached hydrogens (tertiary/aromatic N) is 1. The Hall–Kier alpha value is -3.40. The maximum absolute atomic E-state index is 13.2. The average Bonchev–Trinajstić information content (AvgIpc) is 3.32. The Kier molecular flexibility index (Phi) is 3.57. The van der Waals surface area contributed by atoms with Crippen molar-refractivity contribution < 1.29 is 9.21 Å². The van der Waals surface area contributed by atoms with Crippen LogP contribution in [0.3, 0.4) is 0 Å². The topological polar surface area (TPSA) is 52.2 Å². The van der Waals surface area contributed by atoms with Gasteiger partial charge in [-0.1, -0.05) is 42.5 Å². The maximum atomic E-state index is 13.2. The number of aryl methyl sites for hydroxylation is 1. The number of pyridine rings is 1. The Bertz CT molecular complexity index is 1230. The van der Waals surface area contributed by atoms with Gasteiger partial charge in [0.05, 0.1) is 17.5 Å². The van der Waals surface area contributed by atoms with Gasteiger partial charge < -0.3 is 8.98 Å². The molecule has 0 amide bonds. The monoisotopic (exact) mass is 355 g/mol. The third kappa shape index (κ3) is 2.37. The lowest BCUT2D eigenvalue weighted by Gasteiger charge is -2.14. The maximum Gasteiger partial charge on any atom is 0.258 e. The summed E-state index contributed by atoms with van der Waals surface area (Å²) in [5, 5.41) is 1.33. The molecule has 4 heteroatoms. The first-order chi connectivity index (χ1) is 13.3. The molecule has 2 aromatic carbocycles. The smallest absolute Gasteiger partial charge is 0.258 e. The van der Waals surface area contributed by atoms with E-state index in [0.717, 1.165) is 35.2 Å². The molecule has 0 saturated heterocycles. The summed E-state index contributed by atoms with van der Waals surface area (Å²) in [7, 11) is 0. The Morgan fingerprint density at radius 3 is 2.33 bits per heavy atom. The van der Waals surface area contributed by atoms with Crippen molar-refractivity contribution in [2.45, 2.75) is 19.4 Å². The SMILES string of the molecule is O=C1c2ccccc2-c2c1c1ccccc1c(=O)n2CCCc1ccco1. The molecule has 0 aliphatic heterocycles. The fourth-order valence-electron chi connectivity index (χ4n) is 4.01. The van der Waals surface area contributed by atoms with Crippen molar-refractivity contribution in [2.75, 3.05) is 0 Å². The number of fused-ring (bicyclic) bond motifs is 5. The molecule has 0 unspecified atom stereocenters. The predicted molar refractivity (Wildman–Crippen MR) is 104 cm³/mol. The lowest BCUT2D eigenvalue weighted by Crippen LogP contribution is -2.23. The number of rotatable bonds is 4. The van der Waals surface area contributed by atoms with Crippen LogP contribution in [-0.2, 0) is 13.0 Å². The summed E-state index contributed by atoms with van der Waals surface area (Å²) in [5.74, 6) is 0.897. The number of ketones is 1. The molecular weight excluding hydrogens is 338 g/mol. The summed E-state index contributed by atoms with van der Waals surface area (Å²) in [5.41, 5.74) is 2.86. The third-order valence-electron chi connectivity index (χ3n) is 5.22. The van der Waals surface area contributed by atoms with Gasteiger partial charge in [0.25, 0.3) is 5.56 Å².